The van der Waals surface area contributed by atoms with Crippen LogP contribution in [0.1, 0.15) is 52.6 Å². The third-order valence-corrected chi connectivity index (χ3v) is 5.01. The molecule has 1 unspecified atom stereocenters. The fourth-order valence-electron chi connectivity index (χ4n) is 3.60. The van der Waals surface area contributed by atoms with Crippen LogP contribution in [0.3, 0.4) is 0 Å². The molecule has 6 heteroatoms. The highest BCUT2D eigenvalue weighted by atomic mass is 16.5. The predicted octanol–water partition coefficient (Wildman–Crippen LogP) is 3.43. The van der Waals surface area contributed by atoms with E-state index in [1.807, 2.05) is 30.9 Å². The SMILES string of the molecule is CCc1ccc2nc(C)cc(C(=O)N3CCC(c4nc(C)no4)C3)c2c1. The van der Waals surface area contributed by atoms with E-state index in [0.717, 1.165) is 35.0 Å². The first-order chi connectivity index (χ1) is 12.5. The minimum atomic E-state index is 0.0486. The van der Waals surface area contributed by atoms with Crippen LogP contribution in [0.5, 0.6) is 0 Å². The Balaban J connectivity index is 1.66. The van der Waals surface area contributed by atoms with Crippen LogP contribution in [-0.4, -0.2) is 39.0 Å². The number of rotatable bonds is 3. The number of hydrogen-bond donors (Lipinski definition) is 0. The maximum absolute atomic E-state index is 13.2. The molecular formula is C20H22N4O2. The summed E-state index contributed by atoms with van der Waals surface area (Å²) in [5.74, 6) is 1.42. The van der Waals surface area contributed by atoms with Gasteiger partial charge in [-0.25, -0.2) is 0 Å². The van der Waals surface area contributed by atoms with Gasteiger partial charge in [0.05, 0.1) is 17.0 Å². The quantitative estimate of drug-likeness (QED) is 0.724. The zero-order valence-corrected chi connectivity index (χ0v) is 15.3. The second-order valence-corrected chi connectivity index (χ2v) is 6.93. The summed E-state index contributed by atoms with van der Waals surface area (Å²) in [6.45, 7) is 7.15. The number of benzene rings is 1. The minimum Gasteiger partial charge on any atom is -0.339 e. The van der Waals surface area contributed by atoms with E-state index < -0.39 is 0 Å². The van der Waals surface area contributed by atoms with E-state index in [2.05, 4.69) is 34.2 Å². The number of nitrogens with zero attached hydrogens (tertiary/aromatic N) is 4. The topological polar surface area (TPSA) is 72.1 Å². The number of hydrogen-bond acceptors (Lipinski definition) is 5. The van der Waals surface area contributed by atoms with Gasteiger partial charge < -0.3 is 9.42 Å². The van der Waals surface area contributed by atoms with Crippen LogP contribution in [0.2, 0.25) is 0 Å². The summed E-state index contributed by atoms with van der Waals surface area (Å²) in [7, 11) is 0. The smallest absolute Gasteiger partial charge is 0.254 e. The molecule has 1 fully saturated rings. The summed E-state index contributed by atoms with van der Waals surface area (Å²) >= 11 is 0. The summed E-state index contributed by atoms with van der Waals surface area (Å²) in [5, 5.41) is 4.79. The molecule has 0 radical (unpaired) electrons. The lowest BCUT2D eigenvalue weighted by atomic mass is 10.0. The zero-order valence-electron chi connectivity index (χ0n) is 15.3. The second kappa shape index (κ2) is 6.52. The van der Waals surface area contributed by atoms with E-state index in [1.165, 1.54) is 5.56 Å². The number of carbonyl (C=O) groups is 1. The lowest BCUT2D eigenvalue weighted by Gasteiger charge is -2.18. The van der Waals surface area contributed by atoms with Gasteiger partial charge in [-0.2, -0.15) is 4.98 Å². The highest BCUT2D eigenvalue weighted by molar-refractivity contribution is 6.06. The van der Waals surface area contributed by atoms with Crippen LogP contribution in [0, 0.1) is 13.8 Å². The monoisotopic (exact) mass is 350 g/mol. The van der Waals surface area contributed by atoms with E-state index in [1.54, 1.807) is 0 Å². The van der Waals surface area contributed by atoms with E-state index in [4.69, 9.17) is 4.52 Å². The fraction of sp³-hybridized carbons (Fsp3) is 0.400. The summed E-state index contributed by atoms with van der Waals surface area (Å²) < 4.78 is 5.29. The van der Waals surface area contributed by atoms with Gasteiger partial charge in [0.15, 0.2) is 5.82 Å². The van der Waals surface area contributed by atoms with Crippen molar-refractivity contribution in [2.45, 2.75) is 39.5 Å². The molecule has 1 amide bonds. The van der Waals surface area contributed by atoms with Crippen molar-refractivity contribution >= 4 is 16.8 Å². The van der Waals surface area contributed by atoms with Gasteiger partial charge in [-0.05, 0) is 50.5 Å². The number of aromatic nitrogens is 3. The Morgan fingerprint density at radius 2 is 2.12 bits per heavy atom. The van der Waals surface area contributed by atoms with Crippen molar-refractivity contribution < 1.29 is 9.32 Å². The fourth-order valence-corrected chi connectivity index (χ4v) is 3.60. The highest BCUT2D eigenvalue weighted by Gasteiger charge is 2.32. The summed E-state index contributed by atoms with van der Waals surface area (Å²) in [5.41, 5.74) is 3.66. The van der Waals surface area contributed by atoms with Gasteiger partial charge in [-0.3, -0.25) is 9.78 Å². The number of carbonyl (C=O) groups excluding carboxylic acids is 1. The van der Waals surface area contributed by atoms with E-state index >= 15 is 0 Å². The summed E-state index contributed by atoms with van der Waals surface area (Å²) in [6, 6.07) is 8.07. The van der Waals surface area contributed by atoms with Crippen molar-refractivity contribution in [2.75, 3.05) is 13.1 Å². The van der Waals surface area contributed by atoms with Gasteiger partial charge in [0.2, 0.25) is 5.89 Å². The van der Waals surface area contributed by atoms with Crippen molar-refractivity contribution in [1.82, 2.24) is 20.0 Å². The molecule has 0 N–H and O–H groups in total. The predicted molar refractivity (Wildman–Crippen MR) is 98.2 cm³/mol. The first-order valence-electron chi connectivity index (χ1n) is 9.05. The Morgan fingerprint density at radius 1 is 1.27 bits per heavy atom. The van der Waals surface area contributed by atoms with Gasteiger partial charge in [-0.15, -0.1) is 0 Å². The van der Waals surface area contributed by atoms with Crippen molar-refractivity contribution in [2.24, 2.45) is 0 Å². The number of amides is 1. The molecule has 26 heavy (non-hydrogen) atoms. The van der Waals surface area contributed by atoms with Gasteiger partial charge in [-0.1, -0.05) is 18.1 Å². The lowest BCUT2D eigenvalue weighted by Crippen LogP contribution is -2.28. The molecule has 3 heterocycles. The van der Waals surface area contributed by atoms with Gasteiger partial charge in [0, 0.05) is 24.2 Å². The molecule has 3 aromatic rings. The van der Waals surface area contributed by atoms with Gasteiger partial charge in [0.1, 0.15) is 0 Å². The molecule has 1 saturated heterocycles. The second-order valence-electron chi connectivity index (χ2n) is 6.93. The lowest BCUT2D eigenvalue weighted by molar-refractivity contribution is 0.0791. The molecular weight excluding hydrogens is 328 g/mol. The van der Waals surface area contributed by atoms with Crippen molar-refractivity contribution in [3.63, 3.8) is 0 Å². The molecule has 0 saturated carbocycles. The largest absolute Gasteiger partial charge is 0.339 e. The maximum atomic E-state index is 13.2. The first kappa shape index (κ1) is 16.7. The Morgan fingerprint density at radius 3 is 2.85 bits per heavy atom. The molecule has 1 aliphatic heterocycles. The van der Waals surface area contributed by atoms with Gasteiger partial charge >= 0.3 is 0 Å². The minimum absolute atomic E-state index is 0.0486. The Hall–Kier alpha value is -2.76. The number of pyridine rings is 1. The standard InChI is InChI=1S/C20H22N4O2/c1-4-14-5-6-18-16(10-14)17(9-12(2)21-18)20(25)24-8-7-15(11-24)19-22-13(3)23-26-19/h5-6,9-10,15H,4,7-8,11H2,1-3H3. The van der Waals surface area contributed by atoms with Crippen LogP contribution in [-0.2, 0) is 6.42 Å². The van der Waals surface area contributed by atoms with E-state index in [-0.39, 0.29) is 11.8 Å². The van der Waals surface area contributed by atoms with Gasteiger partial charge in [0.25, 0.3) is 5.91 Å². The van der Waals surface area contributed by atoms with Crippen molar-refractivity contribution in [3.05, 3.63) is 52.8 Å². The van der Waals surface area contributed by atoms with Crippen LogP contribution < -0.4 is 0 Å². The van der Waals surface area contributed by atoms with Crippen LogP contribution in [0.25, 0.3) is 10.9 Å². The van der Waals surface area contributed by atoms with E-state index in [0.29, 0.717) is 24.8 Å². The Bertz CT molecular complexity index is 979. The molecule has 1 aromatic carbocycles. The highest BCUT2D eigenvalue weighted by Crippen LogP contribution is 2.29. The van der Waals surface area contributed by atoms with Crippen LogP contribution in [0.4, 0.5) is 0 Å². The molecule has 1 atom stereocenters. The number of fused-ring (bicyclic) bond motifs is 1. The van der Waals surface area contributed by atoms with Crippen LogP contribution in [0.15, 0.2) is 28.8 Å². The van der Waals surface area contributed by atoms with E-state index in [9.17, 15) is 4.79 Å². The Kier molecular flexibility index (Phi) is 4.18. The molecule has 0 aliphatic carbocycles. The summed E-state index contributed by atoms with van der Waals surface area (Å²) in [6.07, 6.45) is 1.77. The maximum Gasteiger partial charge on any atom is 0.254 e. The number of aryl methyl sites for hydroxylation is 3. The average molecular weight is 350 g/mol. The third kappa shape index (κ3) is 2.96. The molecule has 0 bridgehead atoms. The first-order valence-corrected chi connectivity index (χ1v) is 9.05. The average Bonchev–Trinajstić information content (AvgIpc) is 3.29. The summed E-state index contributed by atoms with van der Waals surface area (Å²) in [4.78, 5) is 24.0. The van der Waals surface area contributed by atoms with Crippen molar-refractivity contribution in [1.29, 1.82) is 0 Å². The third-order valence-electron chi connectivity index (χ3n) is 5.01. The molecule has 134 valence electrons. The molecule has 6 nitrogen and oxygen atoms in total. The zero-order chi connectivity index (χ0) is 18.3. The van der Waals surface area contributed by atoms with Crippen LogP contribution >= 0.6 is 0 Å². The van der Waals surface area contributed by atoms with Crippen molar-refractivity contribution in [3.8, 4) is 0 Å². The molecule has 4 rings (SSSR count). The molecule has 0 spiro atoms. The molecule has 1 aliphatic rings. The normalized spacial score (nSPS) is 17.2. The number of likely N-dealkylation sites (tertiary alicyclic amines) is 1. The molecule has 2 aromatic heterocycles. The Labute approximate surface area is 152 Å².